The summed E-state index contributed by atoms with van der Waals surface area (Å²) in [6.45, 7) is 7.63. The summed E-state index contributed by atoms with van der Waals surface area (Å²) in [5, 5.41) is 0. The third-order valence-corrected chi connectivity index (χ3v) is 3.22. The van der Waals surface area contributed by atoms with Gasteiger partial charge in [0.2, 0.25) is 6.41 Å². The largest absolute Gasteiger partial charge is 0.307 e. The molecular formula is C15H17NO. The predicted octanol–water partition coefficient (Wildman–Crippen LogP) is 3.26. The standard InChI is InChI=1S/C15H17NO/c1-3-12-7-5-6-8-15(12)16(11-17)14(4-2)13-9-10-13/h3-8,11,13-14H,1-2,9-10H2. The van der Waals surface area contributed by atoms with Crippen LogP contribution in [0.1, 0.15) is 18.4 Å². The molecule has 88 valence electrons. The maximum Gasteiger partial charge on any atom is 0.214 e. The van der Waals surface area contributed by atoms with Crippen LogP contribution in [-0.4, -0.2) is 12.5 Å². The lowest BCUT2D eigenvalue weighted by molar-refractivity contribution is -0.107. The van der Waals surface area contributed by atoms with Gasteiger partial charge in [0.05, 0.1) is 11.7 Å². The Morgan fingerprint density at radius 2 is 2.00 bits per heavy atom. The summed E-state index contributed by atoms with van der Waals surface area (Å²) in [5.74, 6) is 0.565. The molecule has 17 heavy (non-hydrogen) atoms. The summed E-state index contributed by atoms with van der Waals surface area (Å²) in [5.41, 5.74) is 1.89. The third-order valence-electron chi connectivity index (χ3n) is 3.22. The molecule has 1 fully saturated rings. The van der Waals surface area contributed by atoms with E-state index < -0.39 is 0 Å². The van der Waals surface area contributed by atoms with Crippen LogP contribution in [0.5, 0.6) is 0 Å². The van der Waals surface area contributed by atoms with Gasteiger partial charge in [0.25, 0.3) is 0 Å². The SMILES string of the molecule is C=Cc1ccccc1N(C=O)C(C=C)C1CC1. The zero-order valence-electron chi connectivity index (χ0n) is 9.88. The smallest absolute Gasteiger partial charge is 0.214 e. The van der Waals surface area contributed by atoms with Crippen molar-refractivity contribution < 1.29 is 4.79 Å². The molecular weight excluding hydrogens is 210 g/mol. The minimum absolute atomic E-state index is 0.105. The molecule has 1 atom stereocenters. The van der Waals surface area contributed by atoms with E-state index in [1.807, 2.05) is 30.3 Å². The van der Waals surface area contributed by atoms with E-state index in [0.29, 0.717) is 5.92 Å². The van der Waals surface area contributed by atoms with Crippen molar-refractivity contribution in [3.05, 3.63) is 49.1 Å². The zero-order chi connectivity index (χ0) is 12.3. The molecule has 1 unspecified atom stereocenters. The Hall–Kier alpha value is -1.83. The fraction of sp³-hybridized carbons (Fsp3) is 0.267. The van der Waals surface area contributed by atoms with Gasteiger partial charge >= 0.3 is 0 Å². The minimum atomic E-state index is 0.105. The van der Waals surface area contributed by atoms with Gasteiger partial charge in [0.15, 0.2) is 0 Å². The second kappa shape index (κ2) is 5.00. The Balaban J connectivity index is 2.36. The van der Waals surface area contributed by atoms with Crippen LogP contribution < -0.4 is 4.90 Å². The van der Waals surface area contributed by atoms with Crippen molar-refractivity contribution in [1.82, 2.24) is 0 Å². The van der Waals surface area contributed by atoms with Crippen LogP contribution in [0.2, 0.25) is 0 Å². The van der Waals surface area contributed by atoms with E-state index in [9.17, 15) is 4.79 Å². The maximum atomic E-state index is 11.4. The van der Waals surface area contributed by atoms with E-state index in [-0.39, 0.29) is 6.04 Å². The molecule has 0 aromatic heterocycles. The highest BCUT2D eigenvalue weighted by Gasteiger charge is 2.33. The van der Waals surface area contributed by atoms with Crippen molar-refractivity contribution in [2.45, 2.75) is 18.9 Å². The van der Waals surface area contributed by atoms with Crippen LogP contribution >= 0.6 is 0 Å². The molecule has 0 spiro atoms. The summed E-state index contributed by atoms with van der Waals surface area (Å²) < 4.78 is 0. The summed E-state index contributed by atoms with van der Waals surface area (Å²) in [6, 6.07) is 7.90. The van der Waals surface area contributed by atoms with Crippen LogP contribution in [0.3, 0.4) is 0 Å². The monoisotopic (exact) mass is 227 g/mol. The fourth-order valence-corrected chi connectivity index (χ4v) is 2.15. The van der Waals surface area contributed by atoms with Crippen molar-refractivity contribution in [3.63, 3.8) is 0 Å². The molecule has 1 aromatic carbocycles. The van der Waals surface area contributed by atoms with E-state index >= 15 is 0 Å². The van der Waals surface area contributed by atoms with Crippen molar-refractivity contribution >= 4 is 18.2 Å². The number of amides is 1. The quantitative estimate of drug-likeness (QED) is 0.539. The van der Waals surface area contributed by atoms with E-state index in [4.69, 9.17) is 0 Å². The first kappa shape index (κ1) is 11.6. The molecule has 0 bridgehead atoms. The molecule has 2 rings (SSSR count). The highest BCUT2D eigenvalue weighted by molar-refractivity contribution is 5.82. The zero-order valence-corrected chi connectivity index (χ0v) is 9.88. The molecule has 2 nitrogen and oxygen atoms in total. The molecule has 0 aliphatic heterocycles. The van der Waals surface area contributed by atoms with E-state index in [1.54, 1.807) is 11.0 Å². The van der Waals surface area contributed by atoms with E-state index in [1.165, 1.54) is 12.8 Å². The Morgan fingerprint density at radius 3 is 2.53 bits per heavy atom. The van der Waals surface area contributed by atoms with Gasteiger partial charge in [0.1, 0.15) is 0 Å². The molecule has 0 radical (unpaired) electrons. The second-order valence-corrected chi connectivity index (χ2v) is 4.34. The van der Waals surface area contributed by atoms with Gasteiger partial charge in [-0.3, -0.25) is 4.79 Å². The average molecular weight is 227 g/mol. The molecule has 0 heterocycles. The van der Waals surface area contributed by atoms with Gasteiger partial charge < -0.3 is 4.90 Å². The van der Waals surface area contributed by atoms with Crippen LogP contribution in [0.25, 0.3) is 6.08 Å². The number of hydrogen-bond donors (Lipinski definition) is 0. The van der Waals surface area contributed by atoms with Crippen molar-refractivity contribution in [2.24, 2.45) is 5.92 Å². The van der Waals surface area contributed by atoms with Gasteiger partial charge in [-0.05, 0) is 30.4 Å². The van der Waals surface area contributed by atoms with Gasteiger partial charge in [0, 0.05) is 0 Å². The minimum Gasteiger partial charge on any atom is -0.307 e. The maximum absolute atomic E-state index is 11.4. The third kappa shape index (κ3) is 2.31. The number of hydrogen-bond acceptors (Lipinski definition) is 1. The van der Waals surface area contributed by atoms with Crippen LogP contribution in [0, 0.1) is 5.92 Å². The molecule has 2 heteroatoms. The Morgan fingerprint density at radius 1 is 1.29 bits per heavy atom. The average Bonchev–Trinajstić information content (AvgIpc) is 3.20. The summed E-state index contributed by atoms with van der Waals surface area (Å²) in [4.78, 5) is 13.1. The first-order valence-electron chi connectivity index (χ1n) is 5.89. The molecule has 0 N–H and O–H groups in total. The van der Waals surface area contributed by atoms with Crippen LogP contribution in [-0.2, 0) is 4.79 Å². The Labute approximate surface area is 102 Å². The van der Waals surface area contributed by atoms with Gasteiger partial charge in [-0.1, -0.05) is 36.9 Å². The number of carbonyl (C=O) groups excluding carboxylic acids is 1. The summed E-state index contributed by atoms with van der Waals surface area (Å²) >= 11 is 0. The molecule has 1 amide bonds. The number of nitrogens with zero attached hydrogens (tertiary/aromatic N) is 1. The topological polar surface area (TPSA) is 20.3 Å². The predicted molar refractivity (Wildman–Crippen MR) is 71.8 cm³/mol. The highest BCUT2D eigenvalue weighted by Crippen LogP contribution is 2.37. The first-order valence-corrected chi connectivity index (χ1v) is 5.89. The lowest BCUT2D eigenvalue weighted by Crippen LogP contribution is -2.34. The number of anilines is 1. The summed E-state index contributed by atoms with van der Waals surface area (Å²) in [6.07, 6.45) is 6.90. The van der Waals surface area contributed by atoms with Crippen molar-refractivity contribution in [2.75, 3.05) is 4.90 Å². The molecule has 1 saturated carbocycles. The van der Waals surface area contributed by atoms with E-state index in [0.717, 1.165) is 17.7 Å². The van der Waals surface area contributed by atoms with Crippen LogP contribution in [0.15, 0.2) is 43.5 Å². The normalized spacial score (nSPS) is 16.0. The Kier molecular flexibility index (Phi) is 3.43. The first-order chi connectivity index (χ1) is 8.31. The summed E-state index contributed by atoms with van der Waals surface area (Å²) in [7, 11) is 0. The molecule has 1 aliphatic rings. The van der Waals surface area contributed by atoms with Crippen LogP contribution in [0.4, 0.5) is 5.69 Å². The lowest BCUT2D eigenvalue weighted by atomic mass is 10.1. The number of rotatable bonds is 6. The number of benzene rings is 1. The van der Waals surface area contributed by atoms with Gasteiger partial charge in [-0.15, -0.1) is 6.58 Å². The second-order valence-electron chi connectivity index (χ2n) is 4.34. The lowest BCUT2D eigenvalue weighted by Gasteiger charge is -2.27. The van der Waals surface area contributed by atoms with Crippen molar-refractivity contribution in [3.8, 4) is 0 Å². The highest BCUT2D eigenvalue weighted by atomic mass is 16.1. The van der Waals surface area contributed by atoms with E-state index in [2.05, 4.69) is 13.2 Å². The molecule has 1 aliphatic carbocycles. The van der Waals surface area contributed by atoms with Gasteiger partial charge in [-0.25, -0.2) is 0 Å². The number of para-hydroxylation sites is 1. The number of carbonyl (C=O) groups is 1. The van der Waals surface area contributed by atoms with Gasteiger partial charge in [-0.2, -0.15) is 0 Å². The van der Waals surface area contributed by atoms with Crippen molar-refractivity contribution in [1.29, 1.82) is 0 Å². The molecule has 1 aromatic rings. The molecule has 0 saturated heterocycles. The fourth-order valence-electron chi connectivity index (χ4n) is 2.15. The Bertz CT molecular complexity index is 434.